The van der Waals surface area contributed by atoms with E-state index in [-0.39, 0.29) is 36.1 Å². The minimum atomic E-state index is -1.31. The molecule has 3 saturated heterocycles. The number of ether oxygens (including phenoxy) is 2. The first-order valence-corrected chi connectivity index (χ1v) is 13.8. The SMILES string of the molecule is COc1ccnc(C(=O)NC[C@@H]2NC(=N)N3CC(NC(=O)c4cccc5c4OCCC5(C)C)[C@@H](O)C34NC(=N)N[C@@H]24)c1. The van der Waals surface area contributed by atoms with E-state index in [0.29, 0.717) is 23.7 Å². The van der Waals surface area contributed by atoms with Gasteiger partial charge in [-0.05, 0) is 24.0 Å². The summed E-state index contributed by atoms with van der Waals surface area (Å²) in [5.74, 6) is 0.166. The topological polar surface area (TPSA) is 197 Å². The summed E-state index contributed by atoms with van der Waals surface area (Å²) < 4.78 is 11.1. The quantitative estimate of drug-likeness (QED) is 0.221. The zero-order chi connectivity index (χ0) is 29.8. The standard InChI is InChI=1S/C28H35N9O5/c1-27(2)8-10-42-20-15(5-4-6-16(20)27)23(39)33-19-13-37-26(30)34-18(21-28(37,22(19)38)36-25(29)35-21)12-32-24(40)17-11-14(41-3)7-9-31-17/h4-7,9,11,18-19,21-22,38H,8,10,12-13H2,1-3H3,(H2,30,34)(H,32,40)(H,33,39)(H3,29,35,36)/t18-,19?,21-,22+,28?/m0/s1. The van der Waals surface area contributed by atoms with Crippen molar-refractivity contribution < 1.29 is 24.2 Å². The molecular formula is C28H35N9O5. The molecule has 5 atom stereocenters. The van der Waals surface area contributed by atoms with Crippen molar-refractivity contribution in [3.63, 3.8) is 0 Å². The van der Waals surface area contributed by atoms with Crippen molar-refractivity contribution in [2.75, 3.05) is 26.8 Å². The Balaban J connectivity index is 1.21. The molecule has 1 spiro atoms. The van der Waals surface area contributed by atoms with Gasteiger partial charge in [0.1, 0.15) is 23.3 Å². The van der Waals surface area contributed by atoms with Crippen LogP contribution in [0, 0.1) is 10.8 Å². The molecule has 42 heavy (non-hydrogen) atoms. The van der Waals surface area contributed by atoms with Gasteiger partial charge in [-0.1, -0.05) is 26.0 Å². The van der Waals surface area contributed by atoms with Crippen LogP contribution >= 0.6 is 0 Å². The van der Waals surface area contributed by atoms with E-state index < -0.39 is 41.7 Å². The van der Waals surface area contributed by atoms with Crippen molar-refractivity contribution in [2.24, 2.45) is 0 Å². The van der Waals surface area contributed by atoms with Crippen LogP contribution in [0.5, 0.6) is 11.5 Å². The number of fused-ring (bicyclic) bond motifs is 1. The maximum absolute atomic E-state index is 13.6. The highest BCUT2D eigenvalue weighted by atomic mass is 16.5. The van der Waals surface area contributed by atoms with Crippen LogP contribution in [0.25, 0.3) is 0 Å². The van der Waals surface area contributed by atoms with Crippen molar-refractivity contribution >= 4 is 23.7 Å². The van der Waals surface area contributed by atoms with Gasteiger partial charge in [-0.15, -0.1) is 0 Å². The van der Waals surface area contributed by atoms with Gasteiger partial charge >= 0.3 is 0 Å². The Morgan fingerprint density at radius 2 is 2.05 bits per heavy atom. The fraction of sp³-hybridized carbons (Fsp3) is 0.464. The largest absolute Gasteiger partial charge is 0.497 e. The molecule has 8 N–H and O–H groups in total. The molecule has 1 aromatic carbocycles. The Morgan fingerprint density at radius 3 is 2.83 bits per heavy atom. The first-order valence-electron chi connectivity index (χ1n) is 13.8. The third-order valence-corrected chi connectivity index (χ3v) is 8.71. The summed E-state index contributed by atoms with van der Waals surface area (Å²) in [4.78, 5) is 32.1. The molecule has 0 aliphatic carbocycles. The molecule has 2 unspecified atom stereocenters. The summed E-state index contributed by atoms with van der Waals surface area (Å²) in [6.45, 7) is 4.92. The number of carbonyl (C=O) groups is 2. The number of methoxy groups -OCH3 is 1. The fourth-order valence-corrected chi connectivity index (χ4v) is 6.45. The van der Waals surface area contributed by atoms with E-state index in [1.165, 1.54) is 19.4 Å². The smallest absolute Gasteiger partial charge is 0.270 e. The number of nitrogens with zero attached hydrogens (tertiary/aromatic N) is 2. The summed E-state index contributed by atoms with van der Waals surface area (Å²) in [5, 5.41) is 43.7. The van der Waals surface area contributed by atoms with Crippen molar-refractivity contribution in [3.05, 3.63) is 53.3 Å². The van der Waals surface area contributed by atoms with Crippen molar-refractivity contribution in [2.45, 2.75) is 55.6 Å². The molecule has 0 saturated carbocycles. The Bertz CT molecular complexity index is 1460. The number of hydrogen-bond acceptors (Lipinski definition) is 8. The summed E-state index contributed by atoms with van der Waals surface area (Å²) in [7, 11) is 1.50. The van der Waals surface area contributed by atoms with E-state index in [1.54, 1.807) is 17.0 Å². The van der Waals surface area contributed by atoms with Gasteiger partial charge in [0, 0.05) is 30.9 Å². The monoisotopic (exact) mass is 577 g/mol. The van der Waals surface area contributed by atoms with Crippen molar-refractivity contribution in [3.8, 4) is 11.5 Å². The van der Waals surface area contributed by atoms with E-state index in [0.717, 1.165) is 12.0 Å². The number of hydrogen-bond donors (Lipinski definition) is 8. The number of guanidine groups is 2. The fourth-order valence-electron chi connectivity index (χ4n) is 6.45. The molecule has 4 aliphatic rings. The van der Waals surface area contributed by atoms with Crippen LogP contribution in [-0.4, -0.2) is 95.4 Å². The minimum Gasteiger partial charge on any atom is -0.497 e. The Morgan fingerprint density at radius 1 is 1.24 bits per heavy atom. The van der Waals surface area contributed by atoms with Gasteiger partial charge < -0.3 is 46.1 Å². The molecule has 2 amide bonds. The lowest BCUT2D eigenvalue weighted by molar-refractivity contribution is 0.00611. The summed E-state index contributed by atoms with van der Waals surface area (Å²) in [6, 6.07) is 6.66. The Labute approximate surface area is 242 Å². The van der Waals surface area contributed by atoms with E-state index >= 15 is 0 Å². The second-order valence-corrected chi connectivity index (χ2v) is 11.6. The number of nitrogens with one attached hydrogen (secondary N) is 7. The predicted molar refractivity (Wildman–Crippen MR) is 152 cm³/mol. The van der Waals surface area contributed by atoms with Crippen molar-refractivity contribution in [1.82, 2.24) is 36.5 Å². The molecule has 6 rings (SSSR count). The molecule has 5 heterocycles. The van der Waals surface area contributed by atoms with Crippen LogP contribution in [-0.2, 0) is 5.41 Å². The van der Waals surface area contributed by atoms with Crippen LogP contribution in [0.1, 0.15) is 46.7 Å². The van der Waals surface area contributed by atoms with Gasteiger partial charge in [-0.25, -0.2) is 0 Å². The number of amides is 2. The number of rotatable bonds is 6. The van der Waals surface area contributed by atoms with Crippen LogP contribution in [0.15, 0.2) is 36.5 Å². The summed E-state index contributed by atoms with van der Waals surface area (Å²) in [5.41, 5.74) is 0.0596. The van der Waals surface area contributed by atoms with Crippen LogP contribution < -0.4 is 36.1 Å². The molecule has 14 heteroatoms. The third kappa shape index (κ3) is 4.33. The van der Waals surface area contributed by atoms with E-state index in [1.807, 2.05) is 12.1 Å². The average Bonchev–Trinajstić information content (AvgIpc) is 3.47. The molecule has 2 aromatic rings. The van der Waals surface area contributed by atoms with Gasteiger partial charge in [0.15, 0.2) is 17.6 Å². The number of para-hydroxylation sites is 1. The maximum atomic E-state index is 13.6. The lowest BCUT2D eigenvalue weighted by Gasteiger charge is -2.49. The number of aliphatic hydroxyl groups is 1. The highest BCUT2D eigenvalue weighted by Crippen LogP contribution is 2.41. The second kappa shape index (κ2) is 10.0. The first kappa shape index (κ1) is 27.6. The molecule has 1 aromatic heterocycles. The lowest BCUT2D eigenvalue weighted by atomic mass is 9.79. The van der Waals surface area contributed by atoms with Gasteiger partial charge in [-0.3, -0.25) is 25.4 Å². The highest BCUT2D eigenvalue weighted by Gasteiger charge is 2.66. The molecule has 4 aliphatic heterocycles. The van der Waals surface area contributed by atoms with Gasteiger partial charge in [-0.2, -0.15) is 0 Å². The first-order chi connectivity index (χ1) is 20.0. The van der Waals surface area contributed by atoms with Crippen LogP contribution in [0.4, 0.5) is 0 Å². The normalized spacial score (nSPS) is 28.6. The molecular weight excluding hydrogens is 542 g/mol. The molecule has 3 fully saturated rings. The lowest BCUT2D eigenvalue weighted by Crippen LogP contribution is -2.78. The average molecular weight is 578 g/mol. The highest BCUT2D eigenvalue weighted by molar-refractivity contribution is 5.98. The number of aromatic nitrogens is 1. The minimum absolute atomic E-state index is 0.00743. The number of benzene rings is 1. The van der Waals surface area contributed by atoms with Crippen LogP contribution in [0.3, 0.4) is 0 Å². The molecule has 222 valence electrons. The zero-order valence-electron chi connectivity index (χ0n) is 23.6. The molecule has 0 radical (unpaired) electrons. The maximum Gasteiger partial charge on any atom is 0.270 e. The zero-order valence-corrected chi connectivity index (χ0v) is 23.6. The van der Waals surface area contributed by atoms with Gasteiger partial charge in [0.25, 0.3) is 11.8 Å². The third-order valence-electron chi connectivity index (χ3n) is 8.71. The number of carbonyl (C=O) groups excluding carboxylic acids is 2. The van der Waals surface area contributed by atoms with E-state index in [9.17, 15) is 14.7 Å². The molecule has 0 bridgehead atoms. The summed E-state index contributed by atoms with van der Waals surface area (Å²) in [6.07, 6.45) is 1.10. The summed E-state index contributed by atoms with van der Waals surface area (Å²) >= 11 is 0. The Kier molecular flexibility index (Phi) is 6.60. The second-order valence-electron chi connectivity index (χ2n) is 11.6. The van der Waals surface area contributed by atoms with Gasteiger partial charge in [0.05, 0.1) is 37.4 Å². The molecule has 14 nitrogen and oxygen atoms in total. The van der Waals surface area contributed by atoms with Gasteiger partial charge in [0.2, 0.25) is 0 Å². The van der Waals surface area contributed by atoms with Crippen LogP contribution in [0.2, 0.25) is 0 Å². The van der Waals surface area contributed by atoms with E-state index in [2.05, 4.69) is 45.4 Å². The predicted octanol–water partition coefficient (Wildman–Crippen LogP) is -0.546. The number of pyridine rings is 1. The van der Waals surface area contributed by atoms with E-state index in [4.69, 9.17) is 20.3 Å². The van der Waals surface area contributed by atoms with Crippen molar-refractivity contribution in [1.29, 1.82) is 10.8 Å². The number of aliphatic hydroxyl groups excluding tert-OH is 1. The Hall–Kier alpha value is -4.59.